The van der Waals surface area contributed by atoms with E-state index in [0.717, 1.165) is 12.8 Å². The Morgan fingerprint density at radius 3 is 2.15 bits per heavy atom. The van der Waals surface area contributed by atoms with Crippen LogP contribution in [0.2, 0.25) is 0 Å². The summed E-state index contributed by atoms with van der Waals surface area (Å²) in [7, 11) is 0. The topological polar surface area (TPSA) is 86.9 Å². The Morgan fingerprint density at radius 2 is 1.51 bits per heavy atom. The van der Waals surface area contributed by atoms with E-state index in [-0.39, 0.29) is 17.6 Å². The van der Waals surface area contributed by atoms with Crippen LogP contribution in [0.4, 0.5) is 27.6 Å². The third kappa shape index (κ3) is 4.41. The molecule has 0 radical (unpaired) electrons. The van der Waals surface area contributed by atoms with E-state index in [1.165, 1.54) is 25.0 Å². The van der Waals surface area contributed by atoms with Crippen molar-refractivity contribution in [3.05, 3.63) is 82.7 Å². The van der Waals surface area contributed by atoms with Crippen LogP contribution >= 0.6 is 0 Å². The number of aromatic amines is 1. The molecule has 39 heavy (non-hydrogen) atoms. The molecule has 3 aromatic carbocycles. The molecule has 0 saturated heterocycles. The Kier molecular flexibility index (Phi) is 6.08. The van der Waals surface area contributed by atoms with Crippen molar-refractivity contribution in [2.45, 2.75) is 31.7 Å². The third-order valence-corrected chi connectivity index (χ3v) is 7.65. The van der Waals surface area contributed by atoms with E-state index < -0.39 is 40.6 Å². The highest BCUT2D eigenvalue weighted by atomic mass is 19.2. The van der Waals surface area contributed by atoms with Crippen LogP contribution in [0.15, 0.2) is 42.5 Å². The molecule has 200 valence electrons. The van der Waals surface area contributed by atoms with Crippen LogP contribution in [0, 0.1) is 40.9 Å². The first-order valence-corrected chi connectivity index (χ1v) is 12.4. The molecular weight excluding hydrogens is 519 g/mol. The molecule has 2 saturated carbocycles. The molecule has 11 heteroatoms. The number of carbonyl (C=O) groups excluding carboxylic acids is 2. The van der Waals surface area contributed by atoms with E-state index in [1.54, 1.807) is 30.3 Å². The predicted molar refractivity (Wildman–Crippen MR) is 132 cm³/mol. The van der Waals surface area contributed by atoms with Crippen LogP contribution in [-0.4, -0.2) is 27.8 Å². The second-order valence-electron chi connectivity index (χ2n) is 10.0. The first kappa shape index (κ1) is 25.0. The lowest BCUT2D eigenvalue weighted by Crippen LogP contribution is -2.38. The molecule has 3 N–H and O–H groups in total. The van der Waals surface area contributed by atoms with Gasteiger partial charge in [0.2, 0.25) is 5.82 Å². The molecule has 6 nitrogen and oxygen atoms in total. The highest BCUT2D eigenvalue weighted by molar-refractivity contribution is 6.04. The summed E-state index contributed by atoms with van der Waals surface area (Å²) in [5.74, 6) is -11.1. The van der Waals surface area contributed by atoms with E-state index in [0.29, 0.717) is 39.8 Å². The lowest BCUT2D eigenvalue weighted by molar-refractivity contribution is 0.0922. The maximum Gasteiger partial charge on any atom is 0.261 e. The summed E-state index contributed by atoms with van der Waals surface area (Å²) in [6.07, 6.45) is 4.63. The van der Waals surface area contributed by atoms with E-state index >= 15 is 0 Å². The van der Waals surface area contributed by atoms with Crippen molar-refractivity contribution < 1.29 is 31.5 Å². The van der Waals surface area contributed by atoms with Gasteiger partial charge in [-0.2, -0.15) is 0 Å². The number of imidazole rings is 1. The quantitative estimate of drug-likeness (QED) is 0.163. The zero-order valence-corrected chi connectivity index (χ0v) is 20.3. The van der Waals surface area contributed by atoms with E-state index in [2.05, 4.69) is 20.6 Å². The summed E-state index contributed by atoms with van der Waals surface area (Å²) >= 11 is 0. The molecule has 1 heterocycles. The zero-order valence-electron chi connectivity index (χ0n) is 20.3. The first-order chi connectivity index (χ1) is 18.7. The van der Waals surface area contributed by atoms with Gasteiger partial charge in [-0.3, -0.25) is 9.59 Å². The maximum atomic E-state index is 13.9. The average molecular weight is 540 g/mol. The van der Waals surface area contributed by atoms with Crippen molar-refractivity contribution in [3.8, 4) is 11.4 Å². The number of anilines is 1. The number of nitrogens with one attached hydrogen (secondary N) is 3. The van der Waals surface area contributed by atoms with Crippen LogP contribution in [0.1, 0.15) is 46.4 Å². The summed E-state index contributed by atoms with van der Waals surface area (Å²) in [4.78, 5) is 32.8. The lowest BCUT2D eigenvalue weighted by Gasteiger charge is -2.22. The number of nitrogens with zero attached hydrogens (tertiary/aromatic N) is 1. The van der Waals surface area contributed by atoms with E-state index in [1.807, 2.05) is 0 Å². The number of hydrogen-bond acceptors (Lipinski definition) is 3. The van der Waals surface area contributed by atoms with Gasteiger partial charge in [-0.1, -0.05) is 6.42 Å². The van der Waals surface area contributed by atoms with Crippen molar-refractivity contribution >= 4 is 28.5 Å². The van der Waals surface area contributed by atoms with Gasteiger partial charge < -0.3 is 15.6 Å². The number of carbonyl (C=O) groups is 2. The van der Waals surface area contributed by atoms with Gasteiger partial charge in [0.25, 0.3) is 11.8 Å². The normalized spacial score (nSPS) is 20.0. The molecule has 6 rings (SSSR count). The van der Waals surface area contributed by atoms with Crippen molar-refractivity contribution in [1.29, 1.82) is 0 Å². The Hall–Kier alpha value is -4.28. The van der Waals surface area contributed by atoms with E-state index in [4.69, 9.17) is 0 Å². The third-order valence-electron chi connectivity index (χ3n) is 7.65. The molecule has 2 aliphatic carbocycles. The van der Waals surface area contributed by atoms with Crippen molar-refractivity contribution in [1.82, 2.24) is 15.3 Å². The molecule has 2 fully saturated rings. The van der Waals surface area contributed by atoms with Crippen LogP contribution in [0.5, 0.6) is 0 Å². The monoisotopic (exact) mass is 540 g/mol. The van der Waals surface area contributed by atoms with Crippen LogP contribution in [-0.2, 0) is 0 Å². The number of benzene rings is 3. The number of amides is 2. The molecule has 4 aromatic rings. The SMILES string of the molecule is O=C(NC1CC2CCC1C2)c1ccc2[nH]c(-c3ccc(NC(=O)c4c(F)c(F)c(F)c(F)c4F)cc3)nc2c1. The summed E-state index contributed by atoms with van der Waals surface area (Å²) < 4.78 is 68.0. The summed E-state index contributed by atoms with van der Waals surface area (Å²) in [6.45, 7) is 0. The molecule has 2 aliphatic rings. The van der Waals surface area contributed by atoms with Crippen molar-refractivity contribution in [3.63, 3.8) is 0 Å². The second-order valence-corrected chi connectivity index (χ2v) is 10.0. The smallest absolute Gasteiger partial charge is 0.261 e. The highest BCUT2D eigenvalue weighted by Crippen LogP contribution is 2.44. The summed E-state index contributed by atoms with van der Waals surface area (Å²) in [5.41, 5.74) is 0.860. The fourth-order valence-corrected chi connectivity index (χ4v) is 5.67. The van der Waals surface area contributed by atoms with Gasteiger partial charge in [0.05, 0.1) is 11.0 Å². The average Bonchev–Trinajstić information content (AvgIpc) is 3.67. The Labute approximate surface area is 218 Å². The molecule has 1 aromatic heterocycles. The fraction of sp³-hybridized carbons (Fsp3) is 0.250. The van der Waals surface area contributed by atoms with Crippen LogP contribution in [0.3, 0.4) is 0 Å². The summed E-state index contributed by atoms with van der Waals surface area (Å²) in [5, 5.41) is 5.29. The molecule has 0 aliphatic heterocycles. The second kappa shape index (κ2) is 9.48. The van der Waals surface area contributed by atoms with Gasteiger partial charge in [0.1, 0.15) is 11.4 Å². The number of halogens is 5. The van der Waals surface area contributed by atoms with Crippen molar-refractivity contribution in [2.75, 3.05) is 5.32 Å². The van der Waals surface area contributed by atoms with Gasteiger partial charge in [0.15, 0.2) is 23.3 Å². The maximum absolute atomic E-state index is 13.9. The minimum Gasteiger partial charge on any atom is -0.349 e. The molecule has 3 unspecified atom stereocenters. The molecule has 0 spiro atoms. The number of rotatable bonds is 5. The Morgan fingerprint density at radius 1 is 0.821 bits per heavy atom. The minimum atomic E-state index is -2.34. The standard InChI is InChI=1S/C28H21F5N4O2/c29-21-20(22(30)24(32)25(33)23(21)31)28(39)34-16-6-3-13(4-7-16)26-35-17-8-5-15(11-19(17)36-26)27(38)37-18-10-12-1-2-14(18)9-12/h3-8,11-12,14,18H,1-2,9-10H2,(H,34,39)(H,35,36)(H,37,38). The molecule has 3 atom stereocenters. The highest BCUT2D eigenvalue weighted by Gasteiger charge is 2.40. The predicted octanol–water partition coefficient (Wildman–Crippen LogP) is 6.10. The zero-order chi connectivity index (χ0) is 27.4. The fourth-order valence-electron chi connectivity index (χ4n) is 5.67. The molecule has 2 amide bonds. The minimum absolute atomic E-state index is 0.0587. The first-order valence-electron chi connectivity index (χ1n) is 12.4. The van der Waals surface area contributed by atoms with Crippen LogP contribution in [0.25, 0.3) is 22.4 Å². The van der Waals surface area contributed by atoms with Gasteiger partial charge in [-0.25, -0.2) is 26.9 Å². The van der Waals surface area contributed by atoms with Gasteiger partial charge in [-0.05, 0) is 73.6 Å². The van der Waals surface area contributed by atoms with E-state index in [9.17, 15) is 31.5 Å². The van der Waals surface area contributed by atoms with Gasteiger partial charge in [-0.15, -0.1) is 0 Å². The van der Waals surface area contributed by atoms with Gasteiger partial charge >= 0.3 is 0 Å². The molecular formula is C28H21F5N4O2. The Bertz CT molecular complexity index is 1610. The van der Waals surface area contributed by atoms with Gasteiger partial charge in [0, 0.05) is 22.9 Å². The molecule has 2 bridgehead atoms. The Balaban J connectivity index is 1.17. The number of H-pyrrole nitrogens is 1. The van der Waals surface area contributed by atoms with Crippen LogP contribution < -0.4 is 10.6 Å². The van der Waals surface area contributed by atoms with Crippen molar-refractivity contribution in [2.24, 2.45) is 11.8 Å². The lowest BCUT2D eigenvalue weighted by atomic mass is 9.95. The number of fused-ring (bicyclic) bond motifs is 3. The largest absolute Gasteiger partial charge is 0.349 e. The number of hydrogen-bond donors (Lipinski definition) is 3. The summed E-state index contributed by atoms with van der Waals surface area (Å²) in [6, 6.07) is 11.3. The number of aromatic nitrogens is 2.